The van der Waals surface area contributed by atoms with Crippen LogP contribution in [0.2, 0.25) is 11.8 Å². The number of primary amides is 1. The number of nitrogens with one attached hydrogen (secondary N) is 4. The zero-order valence-electron chi connectivity index (χ0n) is 35.2. The SMILES string of the molecule is CBOC(=O)NC(C(=O)NC(CCCNC(N)=O)C(=O)Nc1ccc(COc2c(/C=C/C(=O)OC)ccc(C3(OC)OOC34C3CC5CC6CC4CC56C3)c2Cl)cc1)C(C)C. The van der Waals surface area contributed by atoms with Crippen LogP contribution in [0.15, 0.2) is 42.5 Å². The molecule has 0 aromatic heterocycles. The third-order valence-corrected chi connectivity index (χ3v) is 14.1. The number of methoxy groups -OCH3 is 2. The van der Waals surface area contributed by atoms with Crippen LogP contribution in [0.3, 0.4) is 0 Å². The lowest BCUT2D eigenvalue weighted by atomic mass is 9.55. The summed E-state index contributed by atoms with van der Waals surface area (Å²) in [4.78, 5) is 74.8. The Kier molecular flexibility index (Phi) is 13.0. The third-order valence-electron chi connectivity index (χ3n) is 13.7. The Morgan fingerprint density at radius 3 is 2.23 bits per heavy atom. The van der Waals surface area contributed by atoms with Crippen molar-refractivity contribution in [2.24, 2.45) is 40.7 Å². The number of amides is 5. The van der Waals surface area contributed by atoms with Gasteiger partial charge in [0.05, 0.1) is 12.1 Å². The van der Waals surface area contributed by atoms with Gasteiger partial charge in [-0.1, -0.05) is 56.5 Å². The van der Waals surface area contributed by atoms with Gasteiger partial charge in [-0.15, -0.1) is 0 Å². The van der Waals surface area contributed by atoms with Crippen molar-refractivity contribution in [2.45, 2.75) is 95.7 Å². The first kappa shape index (κ1) is 44.2. The molecule has 0 radical (unpaired) electrons. The average molecular weight is 864 g/mol. The lowest BCUT2D eigenvalue weighted by molar-refractivity contribution is -0.638. The second-order valence-electron chi connectivity index (χ2n) is 17.2. The summed E-state index contributed by atoms with van der Waals surface area (Å²) in [6, 6.07) is 7.90. The number of halogens is 1. The van der Waals surface area contributed by atoms with E-state index in [1.165, 1.54) is 19.6 Å². The molecule has 1 heterocycles. The third kappa shape index (κ3) is 8.05. The summed E-state index contributed by atoms with van der Waals surface area (Å²) >= 11 is 7.31. The lowest BCUT2D eigenvalue weighted by Crippen LogP contribution is -2.72. The van der Waals surface area contributed by atoms with Crippen molar-refractivity contribution < 1.29 is 52.6 Å². The van der Waals surface area contributed by atoms with E-state index in [0.717, 1.165) is 31.2 Å². The van der Waals surface area contributed by atoms with Gasteiger partial charge in [0, 0.05) is 36.5 Å². The second kappa shape index (κ2) is 17.9. The van der Waals surface area contributed by atoms with Gasteiger partial charge in [0.15, 0.2) is 5.60 Å². The summed E-state index contributed by atoms with van der Waals surface area (Å²) < 4.78 is 22.6. The number of hydrogen-bond donors (Lipinski definition) is 5. The number of ether oxygens (including phenoxy) is 3. The molecule has 328 valence electrons. The molecule has 1 aliphatic heterocycles. The predicted octanol–water partition coefficient (Wildman–Crippen LogP) is 5.08. The van der Waals surface area contributed by atoms with Crippen molar-refractivity contribution >= 4 is 60.8 Å². The molecule has 18 heteroatoms. The van der Waals surface area contributed by atoms with Gasteiger partial charge >= 0.3 is 25.6 Å². The molecule has 61 heavy (non-hydrogen) atoms. The molecule has 5 fully saturated rings. The van der Waals surface area contributed by atoms with E-state index in [9.17, 15) is 24.0 Å². The van der Waals surface area contributed by atoms with E-state index in [4.69, 9.17) is 46.0 Å². The van der Waals surface area contributed by atoms with Gasteiger partial charge < -0.3 is 45.9 Å². The molecule has 5 aliphatic rings. The number of benzene rings is 2. The predicted molar refractivity (Wildman–Crippen MR) is 225 cm³/mol. The number of carbonyl (C=O) groups is 5. The fraction of sp³-hybridized carbons (Fsp3) is 0.558. The Balaban J connectivity index is 1.07. The van der Waals surface area contributed by atoms with Crippen LogP contribution in [-0.4, -0.2) is 75.8 Å². The van der Waals surface area contributed by atoms with Gasteiger partial charge in [0.25, 0.3) is 5.79 Å². The van der Waals surface area contributed by atoms with Gasteiger partial charge in [-0.3, -0.25) is 9.59 Å². The molecular weight excluding hydrogens is 809 g/mol. The number of nitrogens with two attached hydrogens (primary N) is 1. The zero-order valence-corrected chi connectivity index (χ0v) is 35.9. The number of carbonyl (C=O) groups excluding carboxylic acids is 5. The van der Waals surface area contributed by atoms with Crippen LogP contribution in [0.1, 0.15) is 75.5 Å². The van der Waals surface area contributed by atoms with Crippen molar-refractivity contribution in [1.82, 2.24) is 16.0 Å². The van der Waals surface area contributed by atoms with Crippen LogP contribution in [0.5, 0.6) is 5.75 Å². The Hall–Kier alpha value is -4.84. The highest BCUT2D eigenvalue weighted by molar-refractivity contribution is 6.33. The van der Waals surface area contributed by atoms with E-state index >= 15 is 0 Å². The van der Waals surface area contributed by atoms with E-state index in [2.05, 4.69) is 21.3 Å². The first-order valence-corrected chi connectivity index (χ1v) is 21.4. The minimum Gasteiger partial charge on any atom is -0.525 e. The van der Waals surface area contributed by atoms with Crippen molar-refractivity contribution in [3.63, 3.8) is 0 Å². The summed E-state index contributed by atoms with van der Waals surface area (Å²) in [6.07, 6.45) is 8.25. The van der Waals surface area contributed by atoms with Gasteiger partial charge in [-0.05, 0) is 104 Å². The molecule has 2 aromatic rings. The van der Waals surface area contributed by atoms with Crippen molar-refractivity contribution in [3.8, 4) is 5.75 Å². The van der Waals surface area contributed by atoms with Gasteiger partial charge in [-0.2, -0.15) is 4.89 Å². The Morgan fingerprint density at radius 1 is 0.951 bits per heavy atom. The Morgan fingerprint density at radius 2 is 1.64 bits per heavy atom. The number of fused-ring (bicyclic) bond motifs is 4. The summed E-state index contributed by atoms with van der Waals surface area (Å²) in [5.41, 5.74) is 7.25. The highest BCUT2D eigenvalue weighted by Gasteiger charge is 2.83. The summed E-state index contributed by atoms with van der Waals surface area (Å²) in [6.45, 7) is 5.41. The minimum absolute atomic E-state index is 0.0612. The molecule has 4 aliphatic carbocycles. The highest BCUT2D eigenvalue weighted by Crippen LogP contribution is 2.81. The van der Waals surface area contributed by atoms with Crippen molar-refractivity contribution in [1.29, 1.82) is 0 Å². The van der Waals surface area contributed by atoms with E-state index in [1.807, 2.05) is 12.1 Å². The van der Waals surface area contributed by atoms with E-state index in [0.29, 0.717) is 46.2 Å². The van der Waals surface area contributed by atoms with Gasteiger partial charge in [0.2, 0.25) is 11.8 Å². The fourth-order valence-corrected chi connectivity index (χ4v) is 11.2. The molecule has 1 saturated heterocycles. The first-order valence-electron chi connectivity index (χ1n) is 21.0. The normalized spacial score (nSPS) is 28.6. The minimum atomic E-state index is -1.25. The van der Waals surface area contributed by atoms with Crippen LogP contribution >= 0.6 is 11.6 Å². The lowest BCUT2D eigenvalue weighted by Gasteiger charge is -2.61. The van der Waals surface area contributed by atoms with Crippen LogP contribution in [0.25, 0.3) is 6.08 Å². The molecule has 2 aromatic carbocycles. The average Bonchev–Trinajstić information content (AvgIpc) is 3.60. The molecule has 7 unspecified atom stereocenters. The van der Waals surface area contributed by atoms with Crippen LogP contribution < -0.4 is 31.7 Å². The first-order chi connectivity index (χ1) is 29.2. The smallest absolute Gasteiger partial charge is 0.389 e. The Bertz CT molecular complexity index is 2020. The molecule has 6 N–H and O–H groups in total. The maximum absolute atomic E-state index is 13.6. The highest BCUT2D eigenvalue weighted by atomic mass is 35.5. The summed E-state index contributed by atoms with van der Waals surface area (Å²) in [7, 11) is 3.05. The maximum Gasteiger partial charge on any atom is 0.389 e. The molecule has 7 atom stereocenters. The molecule has 7 rings (SSSR count). The molecule has 5 amide bonds. The quantitative estimate of drug-likeness (QED) is 0.0438. The number of hydrogen-bond acceptors (Lipinski definition) is 11. The molecule has 4 saturated carbocycles. The number of rotatable bonds is 18. The number of anilines is 1. The van der Waals surface area contributed by atoms with Crippen molar-refractivity contribution in [2.75, 3.05) is 26.1 Å². The van der Waals surface area contributed by atoms with E-state index < -0.39 is 53.4 Å². The molecule has 3 bridgehead atoms. The summed E-state index contributed by atoms with van der Waals surface area (Å²) in [5.74, 6) is -0.911. The van der Waals surface area contributed by atoms with Gasteiger partial charge in [-0.25, -0.2) is 19.3 Å². The molecule has 16 nitrogen and oxygen atoms in total. The Labute approximate surface area is 360 Å². The second-order valence-corrected chi connectivity index (χ2v) is 17.6. The number of urea groups is 1. The van der Waals surface area contributed by atoms with Crippen LogP contribution in [-0.2, 0) is 50.7 Å². The summed E-state index contributed by atoms with van der Waals surface area (Å²) in [5, 5.41) is 10.9. The number of esters is 1. The topological polar surface area (TPSA) is 215 Å². The van der Waals surface area contributed by atoms with E-state index in [1.54, 1.807) is 58.1 Å². The molecule has 2 spiro atoms. The molecular formula is C43H55BClN5O11. The standard InChI is InChI=1S/C43H55BClN5O11/c1-23(2)35(50-40(55)59-44-3)38(53)49-32(7-6-16-47-39(46)54)37(52)48-30-12-8-24(9-13-30)22-58-36-25(11-15-33(51)56-4)10-14-31(34(36)45)43(57-5)42(60-61-43)28-18-26-17-27-19-29(42)21-41(26,27)20-28/h8-15,23,26-29,32,35,44H,6-7,16-22H2,1-5H3,(H,48,52)(H,49,53)(H,50,55)(H3,46,47,54)/b15-11+. The maximum atomic E-state index is 13.6. The monoisotopic (exact) mass is 863 g/mol. The zero-order chi connectivity index (χ0) is 43.7. The fourth-order valence-electron chi connectivity index (χ4n) is 10.9. The van der Waals surface area contributed by atoms with Crippen LogP contribution in [0, 0.1) is 35.0 Å². The van der Waals surface area contributed by atoms with E-state index in [-0.39, 0.29) is 49.8 Å². The van der Waals surface area contributed by atoms with Crippen LogP contribution in [0.4, 0.5) is 15.3 Å². The van der Waals surface area contributed by atoms with Gasteiger partial charge in [0.1, 0.15) is 24.4 Å². The largest absolute Gasteiger partial charge is 0.525 e. The van der Waals surface area contributed by atoms with Crippen molar-refractivity contribution in [3.05, 3.63) is 64.2 Å².